The molecule has 4 nitrogen and oxygen atoms in total. The fourth-order valence-corrected chi connectivity index (χ4v) is 6.20. The van der Waals surface area contributed by atoms with Gasteiger partial charge in [0.15, 0.2) is 5.65 Å². The van der Waals surface area contributed by atoms with Crippen molar-refractivity contribution < 1.29 is 4.42 Å². The van der Waals surface area contributed by atoms with Gasteiger partial charge in [0, 0.05) is 21.5 Å². The zero-order valence-electron chi connectivity index (χ0n) is 19.7. The third-order valence-electron chi connectivity index (χ3n) is 7.70. The van der Waals surface area contributed by atoms with E-state index in [1.165, 1.54) is 16.2 Å². The minimum Gasteiger partial charge on any atom is -0.456 e. The minimum atomic E-state index is 0.879. The van der Waals surface area contributed by atoms with Gasteiger partial charge in [-0.25, -0.2) is 4.98 Å². The molecule has 4 heteroatoms. The molecule has 37 heavy (non-hydrogen) atoms. The van der Waals surface area contributed by atoms with E-state index in [0.717, 1.165) is 60.9 Å². The van der Waals surface area contributed by atoms with Crippen LogP contribution in [0, 0.1) is 0 Å². The van der Waals surface area contributed by atoms with E-state index in [1.807, 2.05) is 18.2 Å². The number of nitrogens with zero attached hydrogens (tertiary/aromatic N) is 3. The quantitative estimate of drug-likeness (QED) is 0.224. The van der Waals surface area contributed by atoms with Crippen LogP contribution in [0.5, 0.6) is 0 Å². The zero-order chi connectivity index (χ0) is 24.1. The fraction of sp³-hybridized carbons (Fsp3) is 0. The summed E-state index contributed by atoms with van der Waals surface area (Å²) in [4.78, 5) is 5.37. The summed E-state index contributed by atoms with van der Waals surface area (Å²) in [6.07, 6.45) is 0. The number of imidazole rings is 1. The monoisotopic (exact) mass is 473 g/mol. The van der Waals surface area contributed by atoms with Crippen LogP contribution in [0.15, 0.2) is 120 Å². The van der Waals surface area contributed by atoms with Crippen LogP contribution >= 0.6 is 0 Å². The molecule has 0 aliphatic heterocycles. The lowest BCUT2D eigenvalue weighted by Gasteiger charge is -2.09. The van der Waals surface area contributed by atoms with Gasteiger partial charge in [0.05, 0.1) is 22.1 Å². The topological polar surface area (TPSA) is 35.4 Å². The summed E-state index contributed by atoms with van der Waals surface area (Å²) in [7, 11) is 0. The number of hydrogen-bond acceptors (Lipinski definition) is 2. The summed E-state index contributed by atoms with van der Waals surface area (Å²) in [5.41, 5.74) is 8.18. The van der Waals surface area contributed by atoms with Crippen molar-refractivity contribution in [3.8, 4) is 5.69 Å². The molecule has 0 spiro atoms. The van der Waals surface area contributed by atoms with Crippen molar-refractivity contribution in [2.24, 2.45) is 0 Å². The number of furan rings is 1. The van der Waals surface area contributed by atoms with Crippen LogP contribution < -0.4 is 0 Å². The Labute approximate surface area is 210 Å². The zero-order valence-corrected chi connectivity index (χ0v) is 19.7. The van der Waals surface area contributed by atoms with E-state index in [1.54, 1.807) is 0 Å². The summed E-state index contributed by atoms with van der Waals surface area (Å²) >= 11 is 0. The van der Waals surface area contributed by atoms with Gasteiger partial charge in [-0.1, -0.05) is 84.9 Å². The van der Waals surface area contributed by atoms with Crippen molar-refractivity contribution in [1.29, 1.82) is 0 Å². The summed E-state index contributed by atoms with van der Waals surface area (Å²) < 4.78 is 10.9. The first kappa shape index (κ1) is 19.1. The lowest BCUT2D eigenvalue weighted by Crippen LogP contribution is -1.95. The molecule has 0 fully saturated rings. The van der Waals surface area contributed by atoms with E-state index in [-0.39, 0.29) is 0 Å². The molecule has 0 N–H and O–H groups in total. The first-order valence-corrected chi connectivity index (χ1v) is 12.5. The average Bonchev–Trinajstić information content (AvgIpc) is 3.62. The normalized spacial score (nSPS) is 12.3. The van der Waals surface area contributed by atoms with Crippen LogP contribution in [0.25, 0.3) is 77.0 Å². The molecule has 0 unspecified atom stereocenters. The van der Waals surface area contributed by atoms with Gasteiger partial charge in [-0.05, 0) is 35.7 Å². The molecule has 0 aliphatic rings. The molecule has 4 heterocycles. The van der Waals surface area contributed by atoms with E-state index >= 15 is 0 Å². The van der Waals surface area contributed by atoms with E-state index in [4.69, 9.17) is 9.40 Å². The first-order chi connectivity index (χ1) is 18.4. The summed E-state index contributed by atoms with van der Waals surface area (Å²) in [6, 6.07) is 40.4. The standard InChI is InChI=1S/C33H19N3O/c1-2-12-22-20(10-1)21-11-3-6-15-25(21)36-31-23-13-4-7-16-26(23)35(33(31)34-32(22)36)27-17-9-19-29-30(27)24-14-5-8-18-28(24)37-29/h1-19H. The Morgan fingerprint density at radius 2 is 1.14 bits per heavy atom. The molecule has 0 aliphatic carbocycles. The Hall–Kier alpha value is -5.09. The largest absolute Gasteiger partial charge is 0.456 e. The first-order valence-electron chi connectivity index (χ1n) is 12.5. The van der Waals surface area contributed by atoms with Crippen molar-refractivity contribution in [2.75, 3.05) is 0 Å². The number of aromatic nitrogens is 3. The summed E-state index contributed by atoms with van der Waals surface area (Å²) in [6.45, 7) is 0. The number of pyridine rings is 1. The van der Waals surface area contributed by atoms with Gasteiger partial charge in [0.1, 0.15) is 22.3 Å². The highest BCUT2D eigenvalue weighted by Crippen LogP contribution is 2.40. The van der Waals surface area contributed by atoms with Gasteiger partial charge in [-0.3, -0.25) is 8.97 Å². The lowest BCUT2D eigenvalue weighted by atomic mass is 10.1. The molecule has 0 amide bonds. The van der Waals surface area contributed by atoms with Crippen molar-refractivity contribution in [1.82, 2.24) is 14.0 Å². The second kappa shape index (κ2) is 6.77. The summed E-state index contributed by atoms with van der Waals surface area (Å²) in [5, 5.41) is 6.99. The maximum atomic E-state index is 6.25. The smallest absolute Gasteiger partial charge is 0.165 e. The van der Waals surface area contributed by atoms with Gasteiger partial charge >= 0.3 is 0 Å². The van der Waals surface area contributed by atoms with Gasteiger partial charge in [0.25, 0.3) is 0 Å². The molecule has 0 saturated heterocycles. The molecule has 4 aromatic heterocycles. The van der Waals surface area contributed by atoms with Crippen LogP contribution in [-0.4, -0.2) is 14.0 Å². The molecule has 5 aromatic carbocycles. The molecule has 9 rings (SSSR count). The predicted octanol–water partition coefficient (Wildman–Crippen LogP) is 8.64. The number of fused-ring (bicyclic) bond motifs is 13. The van der Waals surface area contributed by atoms with Crippen LogP contribution in [-0.2, 0) is 0 Å². The fourth-order valence-electron chi connectivity index (χ4n) is 6.20. The van der Waals surface area contributed by atoms with Crippen LogP contribution in [0.3, 0.4) is 0 Å². The van der Waals surface area contributed by atoms with E-state index in [2.05, 4.69) is 106 Å². The highest BCUT2D eigenvalue weighted by atomic mass is 16.3. The molecule has 0 radical (unpaired) electrons. The molecule has 9 aromatic rings. The Kier molecular flexibility index (Phi) is 3.50. The van der Waals surface area contributed by atoms with Gasteiger partial charge < -0.3 is 4.42 Å². The SMILES string of the molecule is c1ccc2c(c1)oc1cccc(-n3c4ccccc4c4c3nc3c5ccccc5c5ccccc5n34)c12. The predicted molar refractivity (Wildman–Crippen MR) is 152 cm³/mol. The second-order valence-electron chi connectivity index (χ2n) is 9.61. The Balaban J connectivity index is 1.57. The molecule has 0 saturated carbocycles. The molecule has 172 valence electrons. The van der Waals surface area contributed by atoms with E-state index < -0.39 is 0 Å². The van der Waals surface area contributed by atoms with Crippen LogP contribution in [0.1, 0.15) is 0 Å². The second-order valence-corrected chi connectivity index (χ2v) is 9.61. The number of para-hydroxylation sites is 3. The van der Waals surface area contributed by atoms with E-state index in [0.29, 0.717) is 0 Å². The Morgan fingerprint density at radius 3 is 2.00 bits per heavy atom. The van der Waals surface area contributed by atoms with Gasteiger partial charge in [-0.15, -0.1) is 0 Å². The van der Waals surface area contributed by atoms with Crippen molar-refractivity contribution >= 4 is 71.3 Å². The minimum absolute atomic E-state index is 0.879. The number of benzene rings is 5. The third-order valence-corrected chi connectivity index (χ3v) is 7.70. The Bertz CT molecular complexity index is 2370. The lowest BCUT2D eigenvalue weighted by molar-refractivity contribution is 0.669. The third kappa shape index (κ3) is 2.35. The Morgan fingerprint density at radius 1 is 0.486 bits per heavy atom. The van der Waals surface area contributed by atoms with Gasteiger partial charge in [0.2, 0.25) is 0 Å². The van der Waals surface area contributed by atoms with E-state index in [9.17, 15) is 0 Å². The average molecular weight is 474 g/mol. The van der Waals surface area contributed by atoms with Crippen molar-refractivity contribution in [2.45, 2.75) is 0 Å². The molecular formula is C33H19N3O. The van der Waals surface area contributed by atoms with Crippen LogP contribution in [0.2, 0.25) is 0 Å². The number of rotatable bonds is 1. The molecule has 0 bridgehead atoms. The van der Waals surface area contributed by atoms with Crippen molar-refractivity contribution in [3.05, 3.63) is 115 Å². The van der Waals surface area contributed by atoms with Gasteiger partial charge in [-0.2, -0.15) is 0 Å². The summed E-state index contributed by atoms with van der Waals surface area (Å²) in [5.74, 6) is 0. The molecular weight excluding hydrogens is 454 g/mol. The number of hydrogen-bond donors (Lipinski definition) is 0. The highest BCUT2D eigenvalue weighted by Gasteiger charge is 2.23. The van der Waals surface area contributed by atoms with Crippen molar-refractivity contribution in [3.63, 3.8) is 0 Å². The highest BCUT2D eigenvalue weighted by molar-refractivity contribution is 6.18. The maximum Gasteiger partial charge on any atom is 0.165 e. The molecule has 0 atom stereocenters. The maximum absolute atomic E-state index is 6.25. The van der Waals surface area contributed by atoms with Crippen LogP contribution in [0.4, 0.5) is 0 Å².